The molecule has 0 radical (unpaired) electrons. The highest BCUT2D eigenvalue weighted by atomic mass is 19.2. The summed E-state index contributed by atoms with van der Waals surface area (Å²) in [6, 6.07) is 4.20. The quantitative estimate of drug-likeness (QED) is 0.740. The molecule has 1 aromatic carbocycles. The van der Waals surface area contributed by atoms with Crippen LogP contribution in [0.1, 0.15) is 24.8 Å². The SMILES string of the molecule is O=C(Cc1ccc(F)c(F)c1)NCCCNC1CC1. The molecule has 2 N–H and O–H groups in total. The summed E-state index contributed by atoms with van der Waals surface area (Å²) < 4.78 is 25.7. The number of halogens is 2. The van der Waals surface area contributed by atoms with E-state index in [2.05, 4.69) is 10.6 Å². The van der Waals surface area contributed by atoms with Crippen LogP contribution >= 0.6 is 0 Å². The lowest BCUT2D eigenvalue weighted by Gasteiger charge is -2.06. The second kappa shape index (κ2) is 6.61. The smallest absolute Gasteiger partial charge is 0.224 e. The molecule has 1 aliphatic carbocycles. The first-order valence-electron chi connectivity index (χ1n) is 6.59. The van der Waals surface area contributed by atoms with Crippen LogP contribution in [0.2, 0.25) is 0 Å². The lowest BCUT2D eigenvalue weighted by molar-refractivity contribution is -0.120. The summed E-state index contributed by atoms with van der Waals surface area (Å²) in [5.74, 6) is -1.98. The van der Waals surface area contributed by atoms with Crippen LogP contribution in [0.3, 0.4) is 0 Å². The minimum Gasteiger partial charge on any atom is -0.356 e. The van der Waals surface area contributed by atoms with Crippen LogP contribution < -0.4 is 10.6 Å². The number of carbonyl (C=O) groups excluding carboxylic acids is 1. The van der Waals surface area contributed by atoms with Gasteiger partial charge in [-0.15, -0.1) is 0 Å². The maximum Gasteiger partial charge on any atom is 0.224 e. The molecule has 2 rings (SSSR count). The number of carbonyl (C=O) groups is 1. The first kappa shape index (κ1) is 13.9. The van der Waals surface area contributed by atoms with Crippen molar-refractivity contribution in [1.82, 2.24) is 10.6 Å². The summed E-state index contributed by atoms with van der Waals surface area (Å²) in [5, 5.41) is 6.12. The van der Waals surface area contributed by atoms with Crippen molar-refractivity contribution >= 4 is 5.91 Å². The molecule has 0 spiro atoms. The van der Waals surface area contributed by atoms with Gasteiger partial charge in [0.15, 0.2) is 11.6 Å². The first-order valence-corrected chi connectivity index (χ1v) is 6.59. The molecular weight excluding hydrogens is 250 g/mol. The van der Waals surface area contributed by atoms with Crippen LogP contribution in [0.15, 0.2) is 18.2 Å². The van der Waals surface area contributed by atoms with E-state index in [4.69, 9.17) is 0 Å². The van der Waals surface area contributed by atoms with Gasteiger partial charge in [-0.1, -0.05) is 6.07 Å². The van der Waals surface area contributed by atoms with Crippen LogP contribution in [0, 0.1) is 11.6 Å². The van der Waals surface area contributed by atoms with Crippen LogP contribution in [0.4, 0.5) is 8.78 Å². The van der Waals surface area contributed by atoms with Crippen molar-refractivity contribution in [1.29, 1.82) is 0 Å². The van der Waals surface area contributed by atoms with Gasteiger partial charge in [0.05, 0.1) is 6.42 Å². The standard InChI is InChI=1S/C14H18F2N2O/c15-12-5-2-10(8-13(12)16)9-14(19)18-7-1-6-17-11-3-4-11/h2,5,8,11,17H,1,3-4,6-7,9H2,(H,18,19). The minimum atomic E-state index is -0.918. The largest absolute Gasteiger partial charge is 0.356 e. The van der Waals surface area contributed by atoms with E-state index in [0.29, 0.717) is 18.2 Å². The van der Waals surface area contributed by atoms with Gasteiger partial charge in [0.1, 0.15) is 0 Å². The lowest BCUT2D eigenvalue weighted by Crippen LogP contribution is -2.29. The number of hydrogen-bond acceptors (Lipinski definition) is 2. The summed E-state index contributed by atoms with van der Waals surface area (Å²) >= 11 is 0. The van der Waals surface area contributed by atoms with Gasteiger partial charge in [0.2, 0.25) is 5.91 Å². The highest BCUT2D eigenvalue weighted by molar-refractivity contribution is 5.78. The van der Waals surface area contributed by atoms with Gasteiger partial charge in [-0.25, -0.2) is 8.78 Å². The second-order valence-electron chi connectivity index (χ2n) is 4.86. The van der Waals surface area contributed by atoms with E-state index in [0.717, 1.165) is 25.1 Å². The van der Waals surface area contributed by atoms with E-state index >= 15 is 0 Å². The zero-order chi connectivity index (χ0) is 13.7. The van der Waals surface area contributed by atoms with Crippen LogP contribution in [-0.2, 0) is 11.2 Å². The molecule has 3 nitrogen and oxygen atoms in total. The number of benzene rings is 1. The van der Waals surface area contributed by atoms with E-state index in [1.54, 1.807) is 0 Å². The van der Waals surface area contributed by atoms with Crippen molar-refractivity contribution in [3.63, 3.8) is 0 Å². The van der Waals surface area contributed by atoms with Gasteiger partial charge in [-0.2, -0.15) is 0 Å². The molecule has 1 amide bonds. The van der Waals surface area contributed by atoms with E-state index in [9.17, 15) is 13.6 Å². The van der Waals surface area contributed by atoms with Crippen molar-refractivity contribution in [2.45, 2.75) is 31.7 Å². The van der Waals surface area contributed by atoms with Crippen molar-refractivity contribution < 1.29 is 13.6 Å². The average Bonchev–Trinajstić information content (AvgIpc) is 3.17. The summed E-state index contributed by atoms with van der Waals surface area (Å²) in [5.41, 5.74) is 0.479. The Morgan fingerprint density at radius 2 is 2.00 bits per heavy atom. The minimum absolute atomic E-state index is 0.0766. The predicted octanol–water partition coefficient (Wildman–Crippen LogP) is 1.77. The molecule has 0 aromatic heterocycles. The van der Waals surface area contributed by atoms with Crippen LogP contribution in [-0.4, -0.2) is 25.0 Å². The third kappa shape index (κ3) is 4.95. The van der Waals surface area contributed by atoms with Crippen LogP contribution in [0.25, 0.3) is 0 Å². The molecule has 0 bridgehead atoms. The fraction of sp³-hybridized carbons (Fsp3) is 0.500. The van der Waals surface area contributed by atoms with Gasteiger partial charge < -0.3 is 10.6 Å². The summed E-state index contributed by atoms with van der Waals surface area (Å²) in [7, 11) is 0. The average molecular weight is 268 g/mol. The molecule has 1 fully saturated rings. The molecule has 0 heterocycles. The Morgan fingerprint density at radius 1 is 1.21 bits per heavy atom. The summed E-state index contributed by atoms with van der Waals surface area (Å²) in [6.45, 7) is 1.50. The van der Waals surface area contributed by atoms with Crippen LogP contribution in [0.5, 0.6) is 0 Å². The van der Waals surface area contributed by atoms with Crippen molar-refractivity contribution in [3.8, 4) is 0 Å². The van der Waals surface area contributed by atoms with E-state index in [1.807, 2.05) is 0 Å². The summed E-state index contributed by atoms with van der Waals surface area (Å²) in [4.78, 5) is 11.6. The number of hydrogen-bond donors (Lipinski definition) is 2. The Bertz CT molecular complexity index is 447. The van der Waals surface area contributed by atoms with Gasteiger partial charge in [0.25, 0.3) is 0 Å². The van der Waals surface area contributed by atoms with E-state index < -0.39 is 11.6 Å². The molecule has 19 heavy (non-hydrogen) atoms. The zero-order valence-corrected chi connectivity index (χ0v) is 10.7. The van der Waals surface area contributed by atoms with Crippen molar-refractivity contribution in [3.05, 3.63) is 35.4 Å². The second-order valence-corrected chi connectivity index (χ2v) is 4.86. The number of rotatable bonds is 7. The molecule has 1 saturated carbocycles. The maximum atomic E-state index is 12.9. The van der Waals surface area contributed by atoms with Crippen molar-refractivity contribution in [2.75, 3.05) is 13.1 Å². The first-order chi connectivity index (χ1) is 9.15. The van der Waals surface area contributed by atoms with Gasteiger partial charge >= 0.3 is 0 Å². The number of nitrogens with one attached hydrogen (secondary N) is 2. The molecule has 1 aliphatic rings. The fourth-order valence-electron chi connectivity index (χ4n) is 1.81. The molecule has 0 unspecified atom stereocenters. The Hall–Kier alpha value is -1.49. The Balaban J connectivity index is 1.63. The predicted molar refractivity (Wildman–Crippen MR) is 68.7 cm³/mol. The number of amides is 1. The maximum absolute atomic E-state index is 12.9. The van der Waals surface area contributed by atoms with Gasteiger partial charge in [-0.3, -0.25) is 4.79 Å². The van der Waals surface area contributed by atoms with E-state index in [1.165, 1.54) is 18.9 Å². The topological polar surface area (TPSA) is 41.1 Å². The zero-order valence-electron chi connectivity index (χ0n) is 10.7. The lowest BCUT2D eigenvalue weighted by atomic mass is 10.1. The van der Waals surface area contributed by atoms with Crippen molar-refractivity contribution in [2.24, 2.45) is 0 Å². The van der Waals surface area contributed by atoms with Gasteiger partial charge in [0, 0.05) is 12.6 Å². The molecule has 104 valence electrons. The normalized spacial score (nSPS) is 14.4. The molecule has 0 atom stereocenters. The highest BCUT2D eigenvalue weighted by Gasteiger charge is 2.19. The fourth-order valence-corrected chi connectivity index (χ4v) is 1.81. The monoisotopic (exact) mass is 268 g/mol. The Labute approximate surface area is 111 Å². The Kier molecular flexibility index (Phi) is 4.85. The third-order valence-corrected chi connectivity index (χ3v) is 3.03. The van der Waals surface area contributed by atoms with Gasteiger partial charge in [-0.05, 0) is 43.5 Å². The molecule has 1 aromatic rings. The Morgan fingerprint density at radius 3 is 2.68 bits per heavy atom. The summed E-state index contributed by atoms with van der Waals surface area (Å²) in [6.07, 6.45) is 3.46. The molecular formula is C14H18F2N2O. The highest BCUT2D eigenvalue weighted by Crippen LogP contribution is 2.18. The third-order valence-electron chi connectivity index (χ3n) is 3.03. The molecule has 0 saturated heterocycles. The molecule has 5 heteroatoms. The molecule has 0 aliphatic heterocycles. The van der Waals surface area contributed by atoms with E-state index in [-0.39, 0.29) is 12.3 Å².